The lowest BCUT2D eigenvalue weighted by atomic mass is 10.1. The molecule has 0 saturated carbocycles. The first kappa shape index (κ1) is 13.7. The third-order valence-corrected chi connectivity index (χ3v) is 2.45. The molecule has 1 heterocycles. The number of rotatable bonds is 2. The average Bonchev–Trinajstić information content (AvgIpc) is 2.37. The van der Waals surface area contributed by atoms with Gasteiger partial charge in [-0.3, -0.25) is 19.9 Å². The number of pyridine rings is 1. The van der Waals surface area contributed by atoms with Crippen molar-refractivity contribution < 1.29 is 22.9 Å². The molecule has 0 saturated heterocycles. The Bertz CT molecular complexity index is 700. The largest absolute Gasteiger partial charge is 0.471 e. The summed E-state index contributed by atoms with van der Waals surface area (Å²) in [5, 5.41) is 12.5. The van der Waals surface area contributed by atoms with E-state index in [1.54, 1.807) is 5.32 Å². The first-order valence-electron chi connectivity index (χ1n) is 5.21. The third-order valence-electron chi connectivity index (χ3n) is 2.45. The van der Waals surface area contributed by atoms with E-state index in [9.17, 15) is 28.1 Å². The molecule has 6 nitrogen and oxygen atoms in total. The summed E-state index contributed by atoms with van der Waals surface area (Å²) in [6.45, 7) is 0. The number of amides is 1. The second-order valence-electron chi connectivity index (χ2n) is 3.74. The van der Waals surface area contributed by atoms with Gasteiger partial charge in [-0.15, -0.1) is 0 Å². The van der Waals surface area contributed by atoms with Crippen molar-refractivity contribution in [2.45, 2.75) is 6.18 Å². The standard InChI is InChI=1S/C11H6F3N3O3/c12-11(13,14)10(18)16-7-3-4-8(17(19)20)6-2-1-5-15-9(6)7/h1-5H,(H,16,18). The van der Waals surface area contributed by atoms with Gasteiger partial charge in [0.1, 0.15) is 5.52 Å². The summed E-state index contributed by atoms with van der Waals surface area (Å²) < 4.78 is 36.6. The number of carbonyl (C=O) groups excluding carboxylic acids is 1. The number of nitro groups is 1. The van der Waals surface area contributed by atoms with E-state index in [4.69, 9.17) is 0 Å². The van der Waals surface area contributed by atoms with Crippen LogP contribution in [0.4, 0.5) is 24.5 Å². The van der Waals surface area contributed by atoms with Gasteiger partial charge < -0.3 is 5.32 Å². The van der Waals surface area contributed by atoms with Gasteiger partial charge in [0.15, 0.2) is 0 Å². The van der Waals surface area contributed by atoms with Crippen LogP contribution in [0, 0.1) is 10.1 Å². The fourth-order valence-corrected chi connectivity index (χ4v) is 1.61. The fraction of sp³-hybridized carbons (Fsp3) is 0.0909. The minimum Gasteiger partial charge on any atom is -0.316 e. The molecule has 1 N–H and O–H groups in total. The van der Waals surface area contributed by atoms with Gasteiger partial charge in [-0.25, -0.2) is 0 Å². The highest BCUT2D eigenvalue weighted by Crippen LogP contribution is 2.30. The van der Waals surface area contributed by atoms with Crippen LogP contribution in [0.2, 0.25) is 0 Å². The lowest BCUT2D eigenvalue weighted by Crippen LogP contribution is -2.30. The second kappa shape index (κ2) is 4.76. The molecule has 0 aliphatic heterocycles. The molecule has 0 spiro atoms. The summed E-state index contributed by atoms with van der Waals surface area (Å²) in [5.41, 5.74) is -0.633. The van der Waals surface area contributed by atoms with E-state index in [0.717, 1.165) is 12.1 Å². The number of hydrogen-bond donors (Lipinski definition) is 1. The number of nitro benzene ring substituents is 1. The fourth-order valence-electron chi connectivity index (χ4n) is 1.61. The number of benzene rings is 1. The van der Waals surface area contributed by atoms with Crippen LogP contribution in [0.15, 0.2) is 30.5 Å². The van der Waals surface area contributed by atoms with Gasteiger partial charge >= 0.3 is 12.1 Å². The molecule has 104 valence electrons. The summed E-state index contributed by atoms with van der Waals surface area (Å²) in [6.07, 6.45) is -3.79. The van der Waals surface area contributed by atoms with Gasteiger partial charge in [-0.05, 0) is 18.2 Å². The molecule has 0 unspecified atom stereocenters. The minimum atomic E-state index is -5.05. The van der Waals surface area contributed by atoms with Crippen molar-refractivity contribution in [1.82, 2.24) is 4.98 Å². The number of nitrogens with one attached hydrogen (secondary N) is 1. The number of aromatic nitrogens is 1. The number of nitrogens with zero attached hydrogens (tertiary/aromatic N) is 2. The van der Waals surface area contributed by atoms with E-state index >= 15 is 0 Å². The van der Waals surface area contributed by atoms with Crippen molar-refractivity contribution in [1.29, 1.82) is 0 Å². The van der Waals surface area contributed by atoms with Crippen LogP contribution in [0.3, 0.4) is 0 Å². The van der Waals surface area contributed by atoms with Gasteiger partial charge in [0.05, 0.1) is 16.0 Å². The molecule has 1 aromatic carbocycles. The molecule has 0 bridgehead atoms. The Hall–Kier alpha value is -2.71. The lowest BCUT2D eigenvalue weighted by Gasteiger charge is -2.09. The molecule has 0 radical (unpaired) electrons. The number of alkyl halides is 3. The maximum Gasteiger partial charge on any atom is 0.471 e. The van der Waals surface area contributed by atoms with E-state index in [2.05, 4.69) is 4.98 Å². The molecule has 0 fully saturated rings. The van der Waals surface area contributed by atoms with Crippen molar-refractivity contribution in [2.24, 2.45) is 0 Å². The van der Waals surface area contributed by atoms with Gasteiger partial charge in [-0.1, -0.05) is 0 Å². The van der Waals surface area contributed by atoms with Crippen LogP contribution >= 0.6 is 0 Å². The van der Waals surface area contributed by atoms with Crippen molar-refractivity contribution in [3.63, 3.8) is 0 Å². The summed E-state index contributed by atoms with van der Waals surface area (Å²) in [7, 11) is 0. The molecule has 1 amide bonds. The molecule has 9 heteroatoms. The summed E-state index contributed by atoms with van der Waals surface area (Å²) in [6, 6.07) is 4.77. The van der Waals surface area contributed by atoms with Crippen LogP contribution in [-0.2, 0) is 4.79 Å². The van der Waals surface area contributed by atoms with Crippen LogP contribution < -0.4 is 5.32 Å². The summed E-state index contributed by atoms with van der Waals surface area (Å²) in [4.78, 5) is 24.8. The quantitative estimate of drug-likeness (QED) is 0.679. The Morgan fingerprint density at radius 3 is 2.60 bits per heavy atom. The molecule has 0 aliphatic rings. The van der Waals surface area contributed by atoms with Crippen LogP contribution in [0.25, 0.3) is 10.9 Å². The van der Waals surface area contributed by atoms with Gasteiger partial charge in [-0.2, -0.15) is 13.2 Å². The zero-order valence-electron chi connectivity index (χ0n) is 9.64. The van der Waals surface area contributed by atoms with E-state index in [1.165, 1.54) is 18.3 Å². The van der Waals surface area contributed by atoms with Gasteiger partial charge in [0.25, 0.3) is 5.69 Å². The van der Waals surface area contributed by atoms with E-state index in [1.807, 2.05) is 0 Å². The summed E-state index contributed by atoms with van der Waals surface area (Å²) in [5.74, 6) is -2.17. The highest BCUT2D eigenvalue weighted by Gasteiger charge is 2.39. The monoisotopic (exact) mass is 285 g/mol. The van der Waals surface area contributed by atoms with E-state index in [-0.39, 0.29) is 22.3 Å². The molecule has 0 atom stereocenters. The van der Waals surface area contributed by atoms with E-state index in [0.29, 0.717) is 0 Å². The zero-order chi connectivity index (χ0) is 14.9. The SMILES string of the molecule is O=C(Nc1ccc([N+](=O)[O-])c2cccnc12)C(F)(F)F. The van der Waals surface area contributed by atoms with Crippen LogP contribution in [0.1, 0.15) is 0 Å². The molecule has 2 rings (SSSR count). The zero-order valence-corrected chi connectivity index (χ0v) is 9.64. The van der Waals surface area contributed by atoms with Gasteiger partial charge in [0, 0.05) is 12.3 Å². The highest BCUT2D eigenvalue weighted by atomic mass is 19.4. The first-order chi connectivity index (χ1) is 9.30. The average molecular weight is 285 g/mol. The number of non-ortho nitro benzene ring substituents is 1. The number of hydrogen-bond acceptors (Lipinski definition) is 4. The van der Waals surface area contributed by atoms with E-state index < -0.39 is 17.0 Å². The Morgan fingerprint density at radius 2 is 2.00 bits per heavy atom. The Morgan fingerprint density at radius 1 is 1.30 bits per heavy atom. The maximum atomic E-state index is 12.2. The molecular weight excluding hydrogens is 279 g/mol. The molecular formula is C11H6F3N3O3. The number of carbonyl (C=O) groups is 1. The molecule has 0 aliphatic carbocycles. The molecule has 2 aromatic rings. The van der Waals surface area contributed by atoms with Crippen LogP contribution in [-0.4, -0.2) is 22.0 Å². The minimum absolute atomic E-state index is 0.0393. The van der Waals surface area contributed by atoms with Crippen molar-refractivity contribution in [2.75, 3.05) is 5.32 Å². The Labute approximate surface area is 109 Å². The molecule has 20 heavy (non-hydrogen) atoms. The van der Waals surface area contributed by atoms with Crippen LogP contribution in [0.5, 0.6) is 0 Å². The Balaban J connectivity index is 2.54. The third kappa shape index (κ3) is 2.51. The molecule has 1 aromatic heterocycles. The predicted octanol–water partition coefficient (Wildman–Crippen LogP) is 2.64. The first-order valence-corrected chi connectivity index (χ1v) is 5.21. The number of fused-ring (bicyclic) bond motifs is 1. The summed E-state index contributed by atoms with van der Waals surface area (Å²) >= 11 is 0. The topological polar surface area (TPSA) is 85.1 Å². The number of anilines is 1. The van der Waals surface area contributed by atoms with Crippen molar-refractivity contribution in [3.05, 3.63) is 40.6 Å². The lowest BCUT2D eigenvalue weighted by molar-refractivity contribution is -0.383. The highest BCUT2D eigenvalue weighted by molar-refractivity contribution is 6.04. The predicted molar refractivity (Wildman–Crippen MR) is 63.1 cm³/mol. The van der Waals surface area contributed by atoms with Gasteiger partial charge in [0.2, 0.25) is 0 Å². The number of halogens is 3. The Kier molecular flexibility index (Phi) is 3.26. The maximum absolute atomic E-state index is 12.2. The van der Waals surface area contributed by atoms with Crippen molar-refractivity contribution >= 4 is 28.2 Å². The smallest absolute Gasteiger partial charge is 0.316 e. The second-order valence-corrected chi connectivity index (χ2v) is 3.74. The normalized spacial score (nSPS) is 11.3. The van der Waals surface area contributed by atoms with Crippen molar-refractivity contribution in [3.8, 4) is 0 Å².